The molecule has 0 rings (SSSR count). The number of carboxylic acid groups (broad SMARTS) is 1. The quantitative estimate of drug-likeness (QED) is 0.472. The van der Waals surface area contributed by atoms with Gasteiger partial charge in [0.15, 0.2) is 0 Å². The van der Waals surface area contributed by atoms with Gasteiger partial charge in [0.1, 0.15) is 0 Å². The first-order chi connectivity index (χ1) is 4.54. The molecular formula is C5H10O5. The number of methoxy groups -OCH3 is 2. The lowest BCUT2D eigenvalue weighted by Gasteiger charge is -2.23. The normalized spacial score (nSPS) is 11.1. The van der Waals surface area contributed by atoms with Gasteiger partial charge in [0.2, 0.25) is 0 Å². The van der Waals surface area contributed by atoms with Gasteiger partial charge in [0, 0.05) is 21.1 Å². The van der Waals surface area contributed by atoms with Crippen molar-refractivity contribution in [2.45, 2.75) is 12.9 Å². The van der Waals surface area contributed by atoms with Crippen LogP contribution >= 0.6 is 0 Å². The van der Waals surface area contributed by atoms with E-state index in [1.165, 1.54) is 21.1 Å². The van der Waals surface area contributed by atoms with Gasteiger partial charge in [-0.3, -0.25) is 0 Å². The third-order valence-corrected chi connectivity index (χ3v) is 1.01. The van der Waals surface area contributed by atoms with Crippen LogP contribution in [0.25, 0.3) is 0 Å². The molecule has 0 radical (unpaired) electrons. The zero-order chi connectivity index (χ0) is 8.20. The molecule has 0 aliphatic rings. The highest BCUT2D eigenvalue weighted by Crippen LogP contribution is 2.10. The number of carbonyl (C=O) groups is 1. The number of ether oxygens (including phenoxy) is 3. The van der Waals surface area contributed by atoms with E-state index in [9.17, 15) is 4.79 Å². The van der Waals surface area contributed by atoms with Gasteiger partial charge < -0.3 is 19.3 Å². The summed E-state index contributed by atoms with van der Waals surface area (Å²) in [4.78, 5) is 9.95. The Morgan fingerprint density at radius 2 is 1.80 bits per heavy atom. The topological polar surface area (TPSA) is 65.0 Å². The molecule has 0 spiro atoms. The van der Waals surface area contributed by atoms with Gasteiger partial charge in [-0.25, -0.2) is 4.79 Å². The number of hydrogen-bond acceptors (Lipinski definition) is 4. The summed E-state index contributed by atoms with van der Waals surface area (Å²) in [5, 5.41) is 8.13. The van der Waals surface area contributed by atoms with Crippen molar-refractivity contribution in [1.82, 2.24) is 0 Å². The van der Waals surface area contributed by atoms with Crippen LogP contribution in [-0.2, 0) is 14.2 Å². The molecule has 0 aromatic carbocycles. The van der Waals surface area contributed by atoms with E-state index < -0.39 is 12.1 Å². The lowest BCUT2D eigenvalue weighted by atomic mass is 10.6. The first kappa shape index (κ1) is 9.19. The first-order valence-corrected chi connectivity index (χ1v) is 2.56. The zero-order valence-corrected chi connectivity index (χ0v) is 6.08. The fraction of sp³-hybridized carbons (Fsp3) is 0.800. The third kappa shape index (κ3) is 2.65. The predicted octanol–water partition coefficient (Wildman–Crippen LogP) is 0.647. The minimum Gasteiger partial charge on any atom is -0.450 e. The average molecular weight is 150 g/mol. The summed E-state index contributed by atoms with van der Waals surface area (Å²) in [6.45, 7) is 1.35. The van der Waals surface area contributed by atoms with Crippen molar-refractivity contribution in [1.29, 1.82) is 0 Å². The van der Waals surface area contributed by atoms with Crippen LogP contribution in [0.1, 0.15) is 6.92 Å². The number of rotatable bonds is 3. The van der Waals surface area contributed by atoms with E-state index >= 15 is 0 Å². The molecule has 0 fully saturated rings. The Morgan fingerprint density at radius 3 is 1.90 bits per heavy atom. The molecule has 0 aromatic rings. The standard InChI is InChI=1S/C5H10O5/c1-5(8-2,9-3)10-4(6)7/h1-3H3,(H,6,7). The SMILES string of the molecule is COC(C)(OC)OC(=O)O. The molecule has 0 amide bonds. The third-order valence-electron chi connectivity index (χ3n) is 1.01. The largest absolute Gasteiger partial charge is 0.510 e. The van der Waals surface area contributed by atoms with E-state index in [1.807, 2.05) is 0 Å². The van der Waals surface area contributed by atoms with Crippen LogP contribution < -0.4 is 0 Å². The van der Waals surface area contributed by atoms with Crippen molar-refractivity contribution in [2.24, 2.45) is 0 Å². The van der Waals surface area contributed by atoms with Crippen molar-refractivity contribution in [3.05, 3.63) is 0 Å². The molecule has 5 heteroatoms. The van der Waals surface area contributed by atoms with E-state index in [0.717, 1.165) is 0 Å². The molecule has 0 saturated heterocycles. The Bertz CT molecular complexity index is 117. The van der Waals surface area contributed by atoms with Crippen molar-refractivity contribution in [3.63, 3.8) is 0 Å². The molecule has 1 N–H and O–H groups in total. The second-order valence-electron chi connectivity index (χ2n) is 1.64. The molecule has 10 heavy (non-hydrogen) atoms. The van der Waals surface area contributed by atoms with Crippen molar-refractivity contribution >= 4 is 6.16 Å². The van der Waals surface area contributed by atoms with Crippen LogP contribution in [0.2, 0.25) is 0 Å². The molecule has 0 saturated carbocycles. The summed E-state index contributed by atoms with van der Waals surface area (Å²) in [5.74, 6) is -1.49. The first-order valence-electron chi connectivity index (χ1n) is 2.56. The minimum atomic E-state index is -1.49. The minimum absolute atomic E-state index is 1.28. The lowest BCUT2D eigenvalue weighted by Crippen LogP contribution is -2.35. The van der Waals surface area contributed by atoms with Crippen LogP contribution in [0.3, 0.4) is 0 Å². The molecule has 0 bridgehead atoms. The average Bonchev–Trinajstić information content (AvgIpc) is 1.87. The maximum absolute atomic E-state index is 9.95. The molecule has 0 aliphatic heterocycles. The second-order valence-corrected chi connectivity index (χ2v) is 1.64. The predicted molar refractivity (Wildman–Crippen MR) is 31.5 cm³/mol. The van der Waals surface area contributed by atoms with Crippen LogP contribution in [0.4, 0.5) is 4.79 Å². The number of hydrogen-bond donors (Lipinski definition) is 1. The second kappa shape index (κ2) is 3.38. The molecule has 0 atom stereocenters. The summed E-state index contributed by atoms with van der Waals surface area (Å²) < 4.78 is 13.4. The maximum Gasteiger partial charge on any atom is 0.510 e. The summed E-state index contributed by atoms with van der Waals surface area (Å²) in [7, 11) is 2.57. The molecule has 0 aromatic heterocycles. The highest BCUT2D eigenvalue weighted by molar-refractivity contribution is 5.57. The Kier molecular flexibility index (Phi) is 3.11. The van der Waals surface area contributed by atoms with Crippen molar-refractivity contribution in [2.75, 3.05) is 14.2 Å². The molecule has 0 heterocycles. The van der Waals surface area contributed by atoms with Gasteiger partial charge in [0.25, 0.3) is 0 Å². The Morgan fingerprint density at radius 1 is 1.40 bits per heavy atom. The van der Waals surface area contributed by atoms with Gasteiger partial charge >= 0.3 is 12.1 Å². The Balaban J connectivity index is 3.92. The van der Waals surface area contributed by atoms with E-state index in [-0.39, 0.29) is 0 Å². The smallest absolute Gasteiger partial charge is 0.450 e. The summed E-state index contributed by atoms with van der Waals surface area (Å²) >= 11 is 0. The molecule has 0 aliphatic carbocycles. The van der Waals surface area contributed by atoms with Crippen LogP contribution in [0, 0.1) is 0 Å². The molecule has 60 valence electrons. The zero-order valence-electron chi connectivity index (χ0n) is 6.08. The van der Waals surface area contributed by atoms with Gasteiger partial charge in [0.05, 0.1) is 0 Å². The van der Waals surface area contributed by atoms with E-state index in [0.29, 0.717) is 0 Å². The highest BCUT2D eigenvalue weighted by Gasteiger charge is 2.27. The van der Waals surface area contributed by atoms with E-state index in [1.54, 1.807) is 0 Å². The summed E-state index contributed by atoms with van der Waals surface area (Å²) in [5.41, 5.74) is 0. The van der Waals surface area contributed by atoms with E-state index in [2.05, 4.69) is 14.2 Å². The lowest BCUT2D eigenvalue weighted by molar-refractivity contribution is -0.327. The van der Waals surface area contributed by atoms with E-state index in [4.69, 9.17) is 5.11 Å². The summed E-state index contributed by atoms with van der Waals surface area (Å²) in [6.07, 6.45) is -1.44. The Hall–Kier alpha value is -0.810. The highest BCUT2D eigenvalue weighted by atomic mass is 16.9. The van der Waals surface area contributed by atoms with Crippen molar-refractivity contribution in [3.8, 4) is 0 Å². The maximum atomic E-state index is 9.95. The van der Waals surface area contributed by atoms with Gasteiger partial charge in [-0.05, 0) is 0 Å². The van der Waals surface area contributed by atoms with Gasteiger partial charge in [-0.1, -0.05) is 0 Å². The molecule has 5 nitrogen and oxygen atoms in total. The van der Waals surface area contributed by atoms with Crippen molar-refractivity contribution < 1.29 is 24.1 Å². The van der Waals surface area contributed by atoms with Crippen LogP contribution in [0.15, 0.2) is 0 Å². The molecular weight excluding hydrogens is 140 g/mol. The molecule has 0 unspecified atom stereocenters. The van der Waals surface area contributed by atoms with Gasteiger partial charge in [-0.2, -0.15) is 0 Å². The Labute approximate surface area is 58.5 Å². The fourth-order valence-electron chi connectivity index (χ4n) is 0.325. The van der Waals surface area contributed by atoms with Crippen LogP contribution in [-0.4, -0.2) is 31.5 Å². The van der Waals surface area contributed by atoms with Gasteiger partial charge in [-0.15, -0.1) is 0 Å². The fourth-order valence-corrected chi connectivity index (χ4v) is 0.325. The van der Waals surface area contributed by atoms with Crippen LogP contribution in [0.5, 0.6) is 0 Å². The summed E-state index contributed by atoms with van der Waals surface area (Å²) in [6, 6.07) is 0. The monoisotopic (exact) mass is 150 g/mol.